The van der Waals surface area contributed by atoms with Crippen LogP contribution in [0.3, 0.4) is 0 Å². The molecule has 1 aromatic carbocycles. The molecule has 1 aromatic rings. The summed E-state index contributed by atoms with van der Waals surface area (Å²) in [5.41, 5.74) is 0.867. The van der Waals surface area contributed by atoms with Crippen LogP contribution in [0.5, 0.6) is 11.5 Å². The zero-order valence-electron chi connectivity index (χ0n) is 8.56. The molecule has 0 atom stereocenters. The van der Waals surface area contributed by atoms with Gasteiger partial charge < -0.3 is 9.47 Å². The zero-order valence-corrected chi connectivity index (χ0v) is 8.56. The van der Waals surface area contributed by atoms with Crippen LogP contribution >= 0.6 is 0 Å². The SMILES string of the molecule is COc1ccc(C=CN=C=O)cc1OC. The predicted molar refractivity (Wildman–Crippen MR) is 56.7 cm³/mol. The van der Waals surface area contributed by atoms with Gasteiger partial charge in [-0.2, -0.15) is 4.99 Å². The van der Waals surface area contributed by atoms with E-state index in [1.54, 1.807) is 32.4 Å². The molecule has 0 unspecified atom stereocenters. The first-order valence-electron chi connectivity index (χ1n) is 4.27. The molecular weight excluding hydrogens is 194 g/mol. The van der Waals surface area contributed by atoms with Crippen molar-refractivity contribution in [2.45, 2.75) is 0 Å². The number of hydrogen-bond acceptors (Lipinski definition) is 4. The van der Waals surface area contributed by atoms with E-state index < -0.39 is 0 Å². The Morgan fingerprint density at radius 1 is 1.27 bits per heavy atom. The monoisotopic (exact) mass is 205 g/mol. The largest absolute Gasteiger partial charge is 0.493 e. The van der Waals surface area contributed by atoms with E-state index in [0.717, 1.165) is 5.56 Å². The highest BCUT2D eigenvalue weighted by molar-refractivity contribution is 5.56. The minimum Gasteiger partial charge on any atom is -0.493 e. The van der Waals surface area contributed by atoms with Gasteiger partial charge in [0.15, 0.2) is 11.5 Å². The van der Waals surface area contributed by atoms with E-state index in [-0.39, 0.29) is 0 Å². The summed E-state index contributed by atoms with van der Waals surface area (Å²) in [7, 11) is 3.14. The van der Waals surface area contributed by atoms with Gasteiger partial charge in [0.2, 0.25) is 6.08 Å². The molecular formula is C11H11NO3. The Morgan fingerprint density at radius 3 is 2.60 bits per heavy atom. The van der Waals surface area contributed by atoms with Crippen molar-refractivity contribution in [1.29, 1.82) is 0 Å². The number of rotatable bonds is 4. The minimum atomic E-state index is 0.634. The summed E-state index contributed by atoms with van der Waals surface area (Å²) in [6.07, 6.45) is 4.46. The van der Waals surface area contributed by atoms with E-state index in [9.17, 15) is 4.79 Å². The average molecular weight is 205 g/mol. The van der Waals surface area contributed by atoms with Gasteiger partial charge in [-0.25, -0.2) is 4.79 Å². The molecule has 0 spiro atoms. The Morgan fingerprint density at radius 2 is 2.00 bits per heavy atom. The van der Waals surface area contributed by atoms with Gasteiger partial charge in [0.05, 0.1) is 14.2 Å². The number of hydrogen-bond donors (Lipinski definition) is 0. The quantitative estimate of drug-likeness (QED) is 0.558. The topological polar surface area (TPSA) is 47.9 Å². The molecule has 78 valence electrons. The molecule has 0 aliphatic rings. The van der Waals surface area contributed by atoms with Crippen molar-refractivity contribution in [3.05, 3.63) is 30.0 Å². The van der Waals surface area contributed by atoms with Crippen LogP contribution in [0.4, 0.5) is 0 Å². The van der Waals surface area contributed by atoms with Crippen molar-refractivity contribution in [2.75, 3.05) is 14.2 Å². The van der Waals surface area contributed by atoms with E-state index in [0.29, 0.717) is 11.5 Å². The summed E-state index contributed by atoms with van der Waals surface area (Å²) in [6, 6.07) is 5.40. The number of aliphatic imine (C=N–C) groups is 1. The van der Waals surface area contributed by atoms with Crippen LogP contribution in [0.2, 0.25) is 0 Å². The third-order valence-electron chi connectivity index (χ3n) is 1.80. The fourth-order valence-electron chi connectivity index (χ4n) is 1.11. The maximum atomic E-state index is 9.83. The minimum absolute atomic E-state index is 0.634. The van der Waals surface area contributed by atoms with Crippen LogP contribution in [0.1, 0.15) is 5.56 Å². The van der Waals surface area contributed by atoms with Crippen molar-refractivity contribution < 1.29 is 14.3 Å². The van der Waals surface area contributed by atoms with Gasteiger partial charge >= 0.3 is 0 Å². The molecule has 0 saturated carbocycles. The Labute approximate surface area is 87.9 Å². The maximum absolute atomic E-state index is 9.83. The number of isocyanates is 1. The lowest BCUT2D eigenvalue weighted by Crippen LogP contribution is -1.90. The highest BCUT2D eigenvalue weighted by atomic mass is 16.5. The lowest BCUT2D eigenvalue weighted by atomic mass is 10.2. The molecule has 0 bridgehead atoms. The molecule has 0 saturated heterocycles. The second-order valence-corrected chi connectivity index (χ2v) is 2.65. The average Bonchev–Trinajstić information content (AvgIpc) is 2.29. The fraction of sp³-hybridized carbons (Fsp3) is 0.182. The van der Waals surface area contributed by atoms with Crippen molar-refractivity contribution in [2.24, 2.45) is 4.99 Å². The Hall–Kier alpha value is -2.06. The van der Waals surface area contributed by atoms with E-state index in [1.165, 1.54) is 12.3 Å². The van der Waals surface area contributed by atoms with Gasteiger partial charge in [0.1, 0.15) is 0 Å². The first kappa shape index (κ1) is 11.0. The van der Waals surface area contributed by atoms with E-state index in [2.05, 4.69) is 4.99 Å². The summed E-state index contributed by atoms with van der Waals surface area (Å²) >= 11 is 0. The van der Waals surface area contributed by atoms with E-state index in [1.807, 2.05) is 6.07 Å². The first-order valence-corrected chi connectivity index (χ1v) is 4.27. The smallest absolute Gasteiger partial charge is 0.239 e. The molecule has 0 aliphatic carbocycles. The molecule has 1 rings (SSSR count). The van der Waals surface area contributed by atoms with Crippen LogP contribution in [-0.4, -0.2) is 20.3 Å². The van der Waals surface area contributed by atoms with Gasteiger partial charge in [-0.1, -0.05) is 6.07 Å². The van der Waals surface area contributed by atoms with Crippen LogP contribution in [-0.2, 0) is 4.79 Å². The van der Waals surface area contributed by atoms with Crippen LogP contribution in [0.15, 0.2) is 29.4 Å². The predicted octanol–water partition coefficient (Wildman–Crippen LogP) is 2.01. The summed E-state index contributed by atoms with van der Waals surface area (Å²) in [5, 5.41) is 0. The van der Waals surface area contributed by atoms with Crippen LogP contribution in [0.25, 0.3) is 6.08 Å². The van der Waals surface area contributed by atoms with Crippen molar-refractivity contribution in [3.8, 4) is 11.5 Å². The second-order valence-electron chi connectivity index (χ2n) is 2.65. The molecule has 0 aliphatic heterocycles. The van der Waals surface area contributed by atoms with Gasteiger partial charge in [-0.05, 0) is 23.8 Å². The van der Waals surface area contributed by atoms with Crippen molar-refractivity contribution in [3.63, 3.8) is 0 Å². The summed E-state index contributed by atoms with van der Waals surface area (Å²) in [5.74, 6) is 1.29. The summed E-state index contributed by atoms with van der Waals surface area (Å²) in [4.78, 5) is 13.1. The van der Waals surface area contributed by atoms with Crippen molar-refractivity contribution >= 4 is 12.2 Å². The molecule has 0 amide bonds. The standard InChI is InChI=1S/C11H11NO3/c1-14-10-4-3-9(5-6-12-8-13)7-11(10)15-2/h3-7H,1-2H3. The number of benzene rings is 1. The molecule has 0 heterocycles. The van der Waals surface area contributed by atoms with Gasteiger partial charge in [-0.3, -0.25) is 0 Å². The normalized spacial score (nSPS) is 9.73. The molecule has 0 fully saturated rings. The molecule has 0 N–H and O–H groups in total. The summed E-state index contributed by atoms with van der Waals surface area (Å²) in [6.45, 7) is 0. The van der Waals surface area contributed by atoms with E-state index in [4.69, 9.17) is 9.47 Å². The first-order chi connectivity index (χ1) is 7.31. The Bertz CT molecular complexity index is 406. The molecule has 15 heavy (non-hydrogen) atoms. The number of nitrogens with zero attached hydrogens (tertiary/aromatic N) is 1. The third-order valence-corrected chi connectivity index (χ3v) is 1.80. The van der Waals surface area contributed by atoms with Gasteiger partial charge in [0.25, 0.3) is 0 Å². The highest BCUT2D eigenvalue weighted by Gasteiger charge is 2.01. The lowest BCUT2D eigenvalue weighted by molar-refractivity contribution is 0.355. The van der Waals surface area contributed by atoms with Crippen LogP contribution < -0.4 is 9.47 Å². The Kier molecular flexibility index (Phi) is 4.13. The van der Waals surface area contributed by atoms with Crippen molar-refractivity contribution in [1.82, 2.24) is 0 Å². The lowest BCUT2D eigenvalue weighted by Gasteiger charge is -2.07. The maximum Gasteiger partial charge on any atom is 0.239 e. The zero-order chi connectivity index (χ0) is 11.1. The third kappa shape index (κ3) is 2.97. The summed E-state index contributed by atoms with van der Waals surface area (Å²) < 4.78 is 10.2. The highest BCUT2D eigenvalue weighted by Crippen LogP contribution is 2.27. The number of methoxy groups -OCH3 is 2. The van der Waals surface area contributed by atoms with Gasteiger partial charge in [-0.15, -0.1) is 0 Å². The fourth-order valence-corrected chi connectivity index (χ4v) is 1.11. The van der Waals surface area contributed by atoms with Gasteiger partial charge in [0, 0.05) is 6.20 Å². The van der Waals surface area contributed by atoms with Crippen LogP contribution in [0, 0.1) is 0 Å². The molecule has 4 heteroatoms. The molecule has 0 aromatic heterocycles. The second kappa shape index (κ2) is 5.62. The van der Waals surface area contributed by atoms with E-state index >= 15 is 0 Å². The molecule has 0 radical (unpaired) electrons. The molecule has 4 nitrogen and oxygen atoms in total. The number of ether oxygens (including phenoxy) is 2. The Balaban J connectivity index is 2.97. The number of carbonyl (C=O) groups excluding carboxylic acids is 1.